The highest BCUT2D eigenvalue weighted by atomic mass is 16.2. The van der Waals surface area contributed by atoms with Gasteiger partial charge in [0.2, 0.25) is 11.8 Å². The number of rotatable bonds is 8. The Kier molecular flexibility index (Phi) is 7.88. The minimum Gasteiger partial charge on any atom is -0.355 e. The van der Waals surface area contributed by atoms with Gasteiger partial charge in [-0.15, -0.1) is 0 Å². The van der Waals surface area contributed by atoms with Gasteiger partial charge in [0, 0.05) is 38.4 Å². The number of carbonyl (C=O) groups excluding carboxylic acids is 2. The molecule has 2 amide bonds. The number of unbranched alkanes of at least 4 members (excludes halogenated alkanes) is 1. The molecule has 1 fully saturated rings. The third-order valence-corrected chi connectivity index (χ3v) is 4.60. The first-order chi connectivity index (χ1) is 12.1. The number of anilines is 1. The largest absolute Gasteiger partial charge is 0.355 e. The fraction of sp³-hybridized carbons (Fsp3) is 0.579. The van der Waals surface area contributed by atoms with E-state index < -0.39 is 0 Å². The van der Waals surface area contributed by atoms with Gasteiger partial charge in [-0.1, -0.05) is 31.5 Å². The molecule has 1 aliphatic rings. The number of para-hydroxylation sites is 1. The predicted molar refractivity (Wildman–Crippen MR) is 100 cm³/mol. The summed E-state index contributed by atoms with van der Waals surface area (Å²) < 4.78 is 0. The van der Waals surface area contributed by atoms with Crippen LogP contribution >= 0.6 is 0 Å². The Morgan fingerprint density at radius 3 is 2.44 bits per heavy atom. The summed E-state index contributed by atoms with van der Waals surface area (Å²) in [5.41, 5.74) is 0.821. The van der Waals surface area contributed by atoms with Gasteiger partial charge in [-0.05, 0) is 25.5 Å². The normalized spacial score (nSPS) is 17.0. The van der Waals surface area contributed by atoms with Crippen LogP contribution in [0.5, 0.6) is 0 Å². The van der Waals surface area contributed by atoms with Crippen LogP contribution in [0.15, 0.2) is 30.3 Å². The van der Waals surface area contributed by atoms with E-state index in [9.17, 15) is 9.59 Å². The molecule has 2 rings (SSSR count). The van der Waals surface area contributed by atoms with Crippen molar-refractivity contribution >= 4 is 17.5 Å². The minimum atomic E-state index is -0.180. The van der Waals surface area contributed by atoms with Crippen LogP contribution in [0.25, 0.3) is 0 Å². The van der Waals surface area contributed by atoms with Gasteiger partial charge in [-0.2, -0.15) is 0 Å². The molecule has 6 nitrogen and oxygen atoms in total. The fourth-order valence-electron chi connectivity index (χ4n) is 2.91. The lowest BCUT2D eigenvalue weighted by Gasteiger charge is -2.37. The van der Waals surface area contributed by atoms with Crippen molar-refractivity contribution in [3.8, 4) is 0 Å². The molecule has 0 saturated carbocycles. The molecule has 1 aliphatic heterocycles. The number of hydrogen-bond acceptors (Lipinski definition) is 4. The summed E-state index contributed by atoms with van der Waals surface area (Å²) in [5.74, 6) is 0.105. The maximum atomic E-state index is 12.4. The molecule has 1 aromatic rings. The van der Waals surface area contributed by atoms with Crippen molar-refractivity contribution in [2.75, 3.05) is 44.6 Å². The van der Waals surface area contributed by atoms with E-state index in [1.807, 2.05) is 37.3 Å². The third-order valence-electron chi connectivity index (χ3n) is 4.60. The van der Waals surface area contributed by atoms with E-state index in [-0.39, 0.29) is 17.9 Å². The van der Waals surface area contributed by atoms with Gasteiger partial charge in [0.25, 0.3) is 0 Å². The van der Waals surface area contributed by atoms with Crippen LogP contribution in [-0.2, 0) is 9.59 Å². The number of nitrogens with one attached hydrogen (secondary N) is 2. The van der Waals surface area contributed by atoms with E-state index in [0.29, 0.717) is 6.54 Å². The van der Waals surface area contributed by atoms with E-state index in [0.717, 1.165) is 51.3 Å². The quantitative estimate of drug-likeness (QED) is 0.701. The molecular formula is C19H30N4O2. The zero-order valence-electron chi connectivity index (χ0n) is 15.3. The molecule has 1 saturated heterocycles. The van der Waals surface area contributed by atoms with E-state index in [2.05, 4.69) is 27.4 Å². The van der Waals surface area contributed by atoms with Gasteiger partial charge in [0.15, 0.2) is 0 Å². The van der Waals surface area contributed by atoms with Crippen molar-refractivity contribution in [3.05, 3.63) is 30.3 Å². The number of nitrogens with zero attached hydrogens (tertiary/aromatic N) is 2. The van der Waals surface area contributed by atoms with E-state index in [1.54, 1.807) is 0 Å². The summed E-state index contributed by atoms with van der Waals surface area (Å²) in [7, 11) is 0. The zero-order valence-corrected chi connectivity index (χ0v) is 15.3. The lowest BCUT2D eigenvalue weighted by molar-refractivity contribution is -0.124. The van der Waals surface area contributed by atoms with Crippen molar-refractivity contribution in [1.29, 1.82) is 0 Å². The Bertz CT molecular complexity index is 542. The van der Waals surface area contributed by atoms with E-state index >= 15 is 0 Å². The average molecular weight is 346 g/mol. The zero-order chi connectivity index (χ0) is 18.1. The standard InChI is InChI=1S/C19H30N4O2/c1-3-4-10-20-18(24)15-22-11-13-23(14-12-22)16(2)19(25)21-17-8-6-5-7-9-17/h5-9,16H,3-4,10-15H2,1-2H3,(H,20,24)(H,21,25). The summed E-state index contributed by atoms with van der Waals surface area (Å²) >= 11 is 0. The van der Waals surface area contributed by atoms with Crippen LogP contribution in [0, 0.1) is 0 Å². The second-order valence-corrected chi connectivity index (χ2v) is 6.55. The van der Waals surface area contributed by atoms with Crippen LogP contribution in [0.4, 0.5) is 5.69 Å². The summed E-state index contributed by atoms with van der Waals surface area (Å²) in [4.78, 5) is 28.6. The topological polar surface area (TPSA) is 64.7 Å². The van der Waals surface area contributed by atoms with Crippen LogP contribution in [0.3, 0.4) is 0 Å². The molecule has 1 heterocycles. The Morgan fingerprint density at radius 1 is 1.12 bits per heavy atom. The molecule has 2 N–H and O–H groups in total. The number of hydrogen-bond donors (Lipinski definition) is 2. The molecular weight excluding hydrogens is 316 g/mol. The maximum absolute atomic E-state index is 12.4. The molecule has 1 aromatic carbocycles. The highest BCUT2D eigenvalue weighted by Crippen LogP contribution is 2.10. The molecule has 25 heavy (non-hydrogen) atoms. The molecule has 0 spiro atoms. The highest BCUT2D eigenvalue weighted by Gasteiger charge is 2.26. The maximum Gasteiger partial charge on any atom is 0.241 e. The van der Waals surface area contributed by atoms with Crippen LogP contribution < -0.4 is 10.6 Å². The van der Waals surface area contributed by atoms with Gasteiger partial charge < -0.3 is 10.6 Å². The second kappa shape index (κ2) is 10.2. The van der Waals surface area contributed by atoms with Gasteiger partial charge >= 0.3 is 0 Å². The van der Waals surface area contributed by atoms with E-state index in [1.165, 1.54) is 0 Å². The second-order valence-electron chi connectivity index (χ2n) is 6.55. The Labute approximate surface area is 150 Å². The van der Waals surface area contributed by atoms with E-state index in [4.69, 9.17) is 0 Å². The lowest BCUT2D eigenvalue weighted by Crippen LogP contribution is -2.54. The minimum absolute atomic E-state index is 0.0111. The molecule has 1 unspecified atom stereocenters. The van der Waals surface area contributed by atoms with Crippen molar-refractivity contribution in [1.82, 2.24) is 15.1 Å². The van der Waals surface area contributed by atoms with Gasteiger partial charge in [-0.25, -0.2) is 0 Å². The molecule has 1 atom stereocenters. The van der Waals surface area contributed by atoms with Crippen LogP contribution in [0.2, 0.25) is 0 Å². The first-order valence-corrected chi connectivity index (χ1v) is 9.19. The van der Waals surface area contributed by atoms with Crippen LogP contribution in [-0.4, -0.2) is 66.9 Å². The summed E-state index contributed by atoms with van der Waals surface area (Å²) in [6.45, 7) is 8.46. The van der Waals surface area contributed by atoms with Gasteiger partial charge in [0.1, 0.15) is 0 Å². The molecule has 0 bridgehead atoms. The van der Waals surface area contributed by atoms with Crippen molar-refractivity contribution in [3.63, 3.8) is 0 Å². The fourth-order valence-corrected chi connectivity index (χ4v) is 2.91. The summed E-state index contributed by atoms with van der Waals surface area (Å²) in [5, 5.41) is 5.90. The summed E-state index contributed by atoms with van der Waals surface area (Å²) in [6, 6.07) is 9.34. The Hall–Kier alpha value is -1.92. The number of piperazine rings is 1. The van der Waals surface area contributed by atoms with Gasteiger partial charge in [0.05, 0.1) is 12.6 Å². The predicted octanol–water partition coefficient (Wildman–Crippen LogP) is 1.55. The Balaban J connectivity index is 1.71. The molecule has 6 heteroatoms. The molecule has 0 aliphatic carbocycles. The SMILES string of the molecule is CCCCNC(=O)CN1CCN(C(C)C(=O)Nc2ccccc2)CC1. The molecule has 138 valence electrons. The number of amides is 2. The van der Waals surface area contributed by atoms with Crippen molar-refractivity contribution in [2.24, 2.45) is 0 Å². The number of benzene rings is 1. The smallest absolute Gasteiger partial charge is 0.241 e. The van der Waals surface area contributed by atoms with Crippen molar-refractivity contribution < 1.29 is 9.59 Å². The third kappa shape index (κ3) is 6.48. The average Bonchev–Trinajstić information content (AvgIpc) is 2.63. The summed E-state index contributed by atoms with van der Waals surface area (Å²) in [6.07, 6.45) is 2.11. The monoisotopic (exact) mass is 346 g/mol. The molecule has 0 aromatic heterocycles. The Morgan fingerprint density at radius 2 is 1.80 bits per heavy atom. The highest BCUT2D eigenvalue weighted by molar-refractivity contribution is 5.94. The van der Waals surface area contributed by atoms with Crippen LogP contribution in [0.1, 0.15) is 26.7 Å². The van der Waals surface area contributed by atoms with Crippen molar-refractivity contribution in [2.45, 2.75) is 32.7 Å². The first kappa shape index (κ1) is 19.4. The first-order valence-electron chi connectivity index (χ1n) is 9.19. The van der Waals surface area contributed by atoms with Gasteiger partial charge in [-0.3, -0.25) is 19.4 Å². The number of carbonyl (C=O) groups is 2. The lowest BCUT2D eigenvalue weighted by atomic mass is 10.2. The molecule has 0 radical (unpaired) electrons.